The van der Waals surface area contributed by atoms with E-state index >= 15 is 0 Å². The van der Waals surface area contributed by atoms with Gasteiger partial charge in [0.25, 0.3) is 0 Å². The van der Waals surface area contributed by atoms with Crippen LogP contribution in [0.1, 0.15) is 20.3 Å². The summed E-state index contributed by atoms with van der Waals surface area (Å²) in [5, 5.41) is 9.16. The van der Waals surface area contributed by atoms with Gasteiger partial charge in [-0.05, 0) is 27.3 Å². The second-order valence-corrected chi connectivity index (χ2v) is 4.64. The summed E-state index contributed by atoms with van der Waals surface area (Å²) in [7, 11) is 3.69. The van der Waals surface area contributed by atoms with E-state index in [0.29, 0.717) is 0 Å². The molecule has 0 aromatic rings. The van der Waals surface area contributed by atoms with Crippen molar-refractivity contribution in [1.29, 1.82) is 0 Å². The van der Waals surface area contributed by atoms with Crippen molar-refractivity contribution in [1.82, 2.24) is 9.80 Å². The van der Waals surface area contributed by atoms with Crippen LogP contribution >= 0.6 is 0 Å². The number of carbonyl (C=O) groups excluding carboxylic acids is 1. The summed E-state index contributed by atoms with van der Waals surface area (Å²) in [5.74, 6) is 0.0116. The molecule has 4 heteroatoms. The van der Waals surface area contributed by atoms with Gasteiger partial charge in [-0.1, -0.05) is 0 Å². The molecule has 4 nitrogen and oxygen atoms in total. The van der Waals surface area contributed by atoms with Gasteiger partial charge in [-0.25, -0.2) is 0 Å². The lowest BCUT2D eigenvalue weighted by molar-refractivity contribution is -0.138. The number of carbonyl (C=O) groups is 1. The summed E-state index contributed by atoms with van der Waals surface area (Å²) in [6.07, 6.45) is 0.933. The zero-order valence-corrected chi connectivity index (χ0v) is 9.45. The third-order valence-electron chi connectivity index (χ3n) is 3.30. The van der Waals surface area contributed by atoms with Crippen molar-refractivity contribution in [3.8, 4) is 0 Å². The van der Waals surface area contributed by atoms with E-state index in [0.717, 1.165) is 13.0 Å². The Morgan fingerprint density at radius 3 is 2.57 bits per heavy atom. The molecule has 1 saturated heterocycles. The summed E-state index contributed by atoms with van der Waals surface area (Å²) in [6.45, 7) is 4.85. The minimum atomic E-state index is -0.373. The molecule has 0 saturated carbocycles. The van der Waals surface area contributed by atoms with Gasteiger partial charge in [0.2, 0.25) is 5.91 Å². The Labute approximate surface area is 85.5 Å². The van der Waals surface area contributed by atoms with Gasteiger partial charge in [0, 0.05) is 19.1 Å². The zero-order valence-electron chi connectivity index (χ0n) is 9.45. The predicted octanol–water partition coefficient (Wildman–Crippen LogP) is -0.0802. The molecule has 1 atom stereocenters. The number of aliphatic hydroxyl groups excluding tert-OH is 1. The highest BCUT2D eigenvalue weighted by molar-refractivity contribution is 5.82. The average molecular weight is 200 g/mol. The first-order valence-electron chi connectivity index (χ1n) is 4.99. The van der Waals surface area contributed by atoms with Crippen LogP contribution in [-0.2, 0) is 4.79 Å². The summed E-state index contributed by atoms with van der Waals surface area (Å²) >= 11 is 0. The monoisotopic (exact) mass is 200 g/mol. The summed E-state index contributed by atoms with van der Waals surface area (Å²) in [5.41, 5.74) is -0.116. The topological polar surface area (TPSA) is 43.8 Å². The average Bonchev–Trinajstić information content (AvgIpc) is 2.19. The third kappa shape index (κ3) is 1.91. The fourth-order valence-electron chi connectivity index (χ4n) is 1.70. The Bertz CT molecular complexity index is 224. The maximum Gasteiger partial charge on any atom is 0.242 e. The molecule has 1 amide bonds. The van der Waals surface area contributed by atoms with Gasteiger partial charge in [-0.15, -0.1) is 0 Å². The lowest BCUT2D eigenvalue weighted by Gasteiger charge is -2.34. The molecule has 14 heavy (non-hydrogen) atoms. The molecule has 1 rings (SSSR count). The standard InChI is InChI=1S/C10H20N2O2/c1-10(2)5-6-11(3)8(7-13)9(14)12(10)4/h8,13H,5-7H2,1-4H3. The molecule has 1 aliphatic rings. The van der Waals surface area contributed by atoms with E-state index in [2.05, 4.69) is 13.8 Å². The van der Waals surface area contributed by atoms with Crippen molar-refractivity contribution in [2.75, 3.05) is 27.2 Å². The molecule has 1 heterocycles. The fourth-order valence-corrected chi connectivity index (χ4v) is 1.70. The number of rotatable bonds is 1. The van der Waals surface area contributed by atoms with E-state index in [-0.39, 0.29) is 24.1 Å². The Kier molecular flexibility index (Phi) is 3.17. The quantitative estimate of drug-likeness (QED) is 0.644. The lowest BCUT2D eigenvalue weighted by atomic mass is 9.99. The van der Waals surface area contributed by atoms with E-state index in [1.165, 1.54) is 0 Å². The van der Waals surface area contributed by atoms with Crippen molar-refractivity contribution in [3.63, 3.8) is 0 Å². The minimum absolute atomic E-state index is 0.0116. The van der Waals surface area contributed by atoms with Crippen LogP contribution < -0.4 is 0 Å². The van der Waals surface area contributed by atoms with Crippen LogP contribution in [0.2, 0.25) is 0 Å². The largest absolute Gasteiger partial charge is 0.394 e. The molecule has 1 fully saturated rings. The van der Waals surface area contributed by atoms with Gasteiger partial charge in [0.15, 0.2) is 0 Å². The Balaban J connectivity index is 2.91. The van der Waals surface area contributed by atoms with Gasteiger partial charge < -0.3 is 10.0 Å². The molecule has 1 aliphatic heterocycles. The Morgan fingerprint density at radius 1 is 1.50 bits per heavy atom. The van der Waals surface area contributed by atoms with E-state index in [1.807, 2.05) is 19.0 Å². The molecule has 0 spiro atoms. The molecule has 0 aliphatic carbocycles. The van der Waals surface area contributed by atoms with Gasteiger partial charge in [0.1, 0.15) is 6.04 Å². The summed E-state index contributed by atoms with van der Waals surface area (Å²) in [6, 6.07) is -0.373. The first-order valence-corrected chi connectivity index (χ1v) is 4.99. The van der Waals surface area contributed by atoms with Gasteiger partial charge in [-0.3, -0.25) is 9.69 Å². The van der Waals surface area contributed by atoms with Crippen LogP contribution in [0.3, 0.4) is 0 Å². The fraction of sp³-hybridized carbons (Fsp3) is 0.900. The third-order valence-corrected chi connectivity index (χ3v) is 3.30. The lowest BCUT2D eigenvalue weighted by Crippen LogP contribution is -2.50. The number of likely N-dealkylation sites (N-methyl/N-ethyl adjacent to an activating group) is 2. The van der Waals surface area contributed by atoms with Gasteiger partial charge >= 0.3 is 0 Å². The number of hydrogen-bond acceptors (Lipinski definition) is 3. The summed E-state index contributed by atoms with van der Waals surface area (Å²) < 4.78 is 0. The number of hydrogen-bond donors (Lipinski definition) is 1. The summed E-state index contributed by atoms with van der Waals surface area (Å²) in [4.78, 5) is 15.6. The minimum Gasteiger partial charge on any atom is -0.394 e. The van der Waals surface area contributed by atoms with Crippen LogP contribution in [-0.4, -0.2) is 59.6 Å². The number of aliphatic hydroxyl groups is 1. The second kappa shape index (κ2) is 3.87. The van der Waals surface area contributed by atoms with Gasteiger partial charge in [-0.2, -0.15) is 0 Å². The highest BCUT2D eigenvalue weighted by atomic mass is 16.3. The van der Waals surface area contributed by atoms with Crippen LogP contribution in [0.25, 0.3) is 0 Å². The maximum absolute atomic E-state index is 11.9. The van der Waals surface area contributed by atoms with E-state index < -0.39 is 0 Å². The molecule has 0 bridgehead atoms. The SMILES string of the molecule is CN1CCC(C)(C)N(C)C(=O)C1CO. The highest BCUT2D eigenvalue weighted by Crippen LogP contribution is 2.23. The number of nitrogens with zero attached hydrogens (tertiary/aromatic N) is 2. The van der Waals surface area contributed by atoms with Crippen molar-refractivity contribution in [2.45, 2.75) is 31.8 Å². The molecule has 82 valence electrons. The van der Waals surface area contributed by atoms with Crippen molar-refractivity contribution < 1.29 is 9.90 Å². The molecular weight excluding hydrogens is 180 g/mol. The molecule has 1 unspecified atom stereocenters. The molecule has 0 radical (unpaired) electrons. The maximum atomic E-state index is 11.9. The Morgan fingerprint density at radius 2 is 2.07 bits per heavy atom. The van der Waals surface area contributed by atoms with E-state index in [1.54, 1.807) is 4.90 Å². The van der Waals surface area contributed by atoms with Crippen molar-refractivity contribution in [3.05, 3.63) is 0 Å². The Hall–Kier alpha value is -0.610. The normalized spacial score (nSPS) is 29.1. The van der Waals surface area contributed by atoms with Crippen LogP contribution in [0.5, 0.6) is 0 Å². The van der Waals surface area contributed by atoms with Crippen LogP contribution in [0.15, 0.2) is 0 Å². The van der Waals surface area contributed by atoms with E-state index in [4.69, 9.17) is 5.11 Å². The molecule has 0 aromatic heterocycles. The van der Waals surface area contributed by atoms with Crippen molar-refractivity contribution in [2.24, 2.45) is 0 Å². The van der Waals surface area contributed by atoms with E-state index in [9.17, 15) is 4.79 Å². The van der Waals surface area contributed by atoms with Crippen molar-refractivity contribution >= 4 is 5.91 Å². The van der Waals surface area contributed by atoms with Gasteiger partial charge in [0.05, 0.1) is 6.61 Å². The first kappa shape index (κ1) is 11.5. The smallest absolute Gasteiger partial charge is 0.242 e. The van der Waals surface area contributed by atoms with Crippen LogP contribution in [0.4, 0.5) is 0 Å². The van der Waals surface area contributed by atoms with Crippen LogP contribution in [0, 0.1) is 0 Å². The predicted molar refractivity (Wildman–Crippen MR) is 55.0 cm³/mol. The molecule has 0 aromatic carbocycles. The highest BCUT2D eigenvalue weighted by Gasteiger charge is 2.37. The molecular formula is C10H20N2O2. The zero-order chi connectivity index (χ0) is 10.9. The second-order valence-electron chi connectivity index (χ2n) is 4.64. The molecule has 1 N–H and O–H groups in total. The first-order chi connectivity index (χ1) is 6.40. The number of amides is 1.